The highest BCUT2D eigenvalue weighted by atomic mass is 32.2. The average Bonchev–Trinajstić information content (AvgIpc) is 2.51. The summed E-state index contributed by atoms with van der Waals surface area (Å²) in [7, 11) is -2.20. The standard InChI is InChI=1S/C18H20O4S/c1-5-13-10-15(14-8-6-7-12(2)9-14)17(23(4,20)21)11-16(13)18(19)22-3/h6-11H,5H2,1-4H3. The molecular weight excluding hydrogens is 312 g/mol. The largest absolute Gasteiger partial charge is 0.465 e. The van der Waals surface area contributed by atoms with E-state index >= 15 is 0 Å². The maximum atomic E-state index is 12.2. The van der Waals surface area contributed by atoms with E-state index in [0.717, 1.165) is 22.9 Å². The Labute approximate surface area is 137 Å². The lowest BCUT2D eigenvalue weighted by Crippen LogP contribution is -2.09. The quantitative estimate of drug-likeness (QED) is 0.805. The number of carbonyl (C=O) groups excluding carboxylic acids is 1. The Morgan fingerprint density at radius 1 is 1.17 bits per heavy atom. The number of sulfone groups is 1. The van der Waals surface area contributed by atoms with Crippen LogP contribution in [0.15, 0.2) is 41.3 Å². The van der Waals surface area contributed by atoms with Crippen LogP contribution in [0.25, 0.3) is 11.1 Å². The molecular formula is C18H20O4S. The number of carbonyl (C=O) groups is 1. The van der Waals surface area contributed by atoms with Crippen LogP contribution in [0.3, 0.4) is 0 Å². The van der Waals surface area contributed by atoms with Gasteiger partial charge in [-0.3, -0.25) is 0 Å². The molecule has 0 N–H and O–H groups in total. The van der Waals surface area contributed by atoms with Gasteiger partial charge < -0.3 is 4.74 Å². The van der Waals surface area contributed by atoms with Crippen LogP contribution in [0.2, 0.25) is 0 Å². The molecule has 0 spiro atoms. The first-order valence-electron chi connectivity index (χ1n) is 7.30. The average molecular weight is 332 g/mol. The molecule has 0 aliphatic heterocycles. The lowest BCUT2D eigenvalue weighted by atomic mass is 9.96. The molecule has 4 nitrogen and oxygen atoms in total. The van der Waals surface area contributed by atoms with Gasteiger partial charge in [0.15, 0.2) is 9.84 Å². The van der Waals surface area contributed by atoms with Crippen molar-refractivity contribution >= 4 is 15.8 Å². The van der Waals surface area contributed by atoms with E-state index in [-0.39, 0.29) is 4.90 Å². The monoisotopic (exact) mass is 332 g/mol. The first kappa shape index (κ1) is 17.2. The predicted molar refractivity (Wildman–Crippen MR) is 90.4 cm³/mol. The van der Waals surface area contributed by atoms with Crippen LogP contribution in [0, 0.1) is 6.92 Å². The molecule has 2 aromatic carbocycles. The zero-order valence-electron chi connectivity index (χ0n) is 13.7. The Kier molecular flexibility index (Phi) is 4.90. The van der Waals surface area contributed by atoms with E-state index in [2.05, 4.69) is 0 Å². The highest BCUT2D eigenvalue weighted by molar-refractivity contribution is 7.90. The Balaban J connectivity index is 2.83. The zero-order valence-corrected chi connectivity index (χ0v) is 14.5. The lowest BCUT2D eigenvalue weighted by Gasteiger charge is -2.14. The van der Waals surface area contributed by atoms with Crippen molar-refractivity contribution in [3.05, 3.63) is 53.1 Å². The third kappa shape index (κ3) is 3.62. The molecule has 2 aromatic rings. The number of aryl methyl sites for hydroxylation is 2. The molecule has 122 valence electrons. The minimum atomic E-state index is -3.49. The number of methoxy groups -OCH3 is 1. The van der Waals surface area contributed by atoms with Crippen molar-refractivity contribution in [2.24, 2.45) is 0 Å². The summed E-state index contributed by atoms with van der Waals surface area (Å²) in [6.07, 6.45) is 1.75. The fourth-order valence-corrected chi connectivity index (χ4v) is 3.47. The summed E-state index contributed by atoms with van der Waals surface area (Å²) in [5, 5.41) is 0. The van der Waals surface area contributed by atoms with E-state index in [1.807, 2.05) is 38.1 Å². The highest BCUT2D eigenvalue weighted by Crippen LogP contribution is 2.31. The summed E-state index contributed by atoms with van der Waals surface area (Å²) in [4.78, 5) is 12.1. The van der Waals surface area contributed by atoms with E-state index in [9.17, 15) is 13.2 Å². The maximum absolute atomic E-state index is 12.2. The molecule has 2 rings (SSSR count). The molecule has 0 unspecified atom stereocenters. The van der Waals surface area contributed by atoms with Gasteiger partial charge in [0.25, 0.3) is 0 Å². The summed E-state index contributed by atoms with van der Waals surface area (Å²) < 4.78 is 29.2. The number of hydrogen-bond donors (Lipinski definition) is 0. The molecule has 5 heteroatoms. The molecule has 0 radical (unpaired) electrons. The van der Waals surface area contributed by atoms with E-state index in [1.165, 1.54) is 13.2 Å². The first-order valence-corrected chi connectivity index (χ1v) is 9.19. The Hall–Kier alpha value is -2.14. The van der Waals surface area contributed by atoms with Crippen molar-refractivity contribution in [1.82, 2.24) is 0 Å². The second-order valence-electron chi connectivity index (χ2n) is 5.49. The Bertz CT molecular complexity index is 851. The number of esters is 1. The molecule has 0 fully saturated rings. The molecule has 0 atom stereocenters. The van der Waals surface area contributed by atoms with Gasteiger partial charge in [-0.25, -0.2) is 13.2 Å². The summed E-state index contributed by atoms with van der Waals surface area (Å²) >= 11 is 0. The summed E-state index contributed by atoms with van der Waals surface area (Å²) in [6.45, 7) is 3.87. The zero-order chi connectivity index (χ0) is 17.2. The SMILES string of the molecule is CCc1cc(-c2cccc(C)c2)c(S(C)(=O)=O)cc1C(=O)OC. The van der Waals surface area contributed by atoms with Crippen molar-refractivity contribution in [2.75, 3.05) is 13.4 Å². The molecule has 0 aromatic heterocycles. The van der Waals surface area contributed by atoms with Gasteiger partial charge in [-0.1, -0.05) is 36.8 Å². The molecule has 0 heterocycles. The summed E-state index contributed by atoms with van der Waals surface area (Å²) in [5.41, 5.74) is 3.53. The third-order valence-electron chi connectivity index (χ3n) is 3.72. The topological polar surface area (TPSA) is 60.4 Å². The van der Waals surface area contributed by atoms with E-state index < -0.39 is 15.8 Å². The Morgan fingerprint density at radius 2 is 1.87 bits per heavy atom. The van der Waals surface area contributed by atoms with Crippen LogP contribution in [-0.4, -0.2) is 27.8 Å². The van der Waals surface area contributed by atoms with Gasteiger partial charge >= 0.3 is 5.97 Å². The van der Waals surface area contributed by atoms with Crippen LogP contribution < -0.4 is 0 Å². The summed E-state index contributed by atoms with van der Waals surface area (Å²) in [5.74, 6) is -0.525. The van der Waals surface area contributed by atoms with Crippen molar-refractivity contribution < 1.29 is 17.9 Å². The van der Waals surface area contributed by atoms with Crippen molar-refractivity contribution in [3.63, 3.8) is 0 Å². The van der Waals surface area contributed by atoms with Crippen LogP contribution in [0.4, 0.5) is 0 Å². The van der Waals surface area contributed by atoms with Gasteiger partial charge in [0.05, 0.1) is 17.6 Å². The number of ether oxygens (including phenoxy) is 1. The number of benzene rings is 2. The normalized spacial score (nSPS) is 11.3. The van der Waals surface area contributed by atoms with Gasteiger partial charge in [-0.05, 0) is 36.6 Å². The summed E-state index contributed by atoms with van der Waals surface area (Å²) in [6, 6.07) is 10.8. The molecule has 0 amide bonds. The predicted octanol–water partition coefficient (Wildman–Crippen LogP) is 3.41. The molecule has 23 heavy (non-hydrogen) atoms. The molecule has 0 aliphatic rings. The minimum absolute atomic E-state index is 0.140. The number of rotatable bonds is 4. The number of hydrogen-bond acceptors (Lipinski definition) is 4. The fourth-order valence-electron chi connectivity index (χ4n) is 2.56. The van der Waals surface area contributed by atoms with E-state index in [4.69, 9.17) is 4.74 Å². The van der Waals surface area contributed by atoms with Crippen LogP contribution in [0.1, 0.15) is 28.4 Å². The maximum Gasteiger partial charge on any atom is 0.338 e. The van der Waals surface area contributed by atoms with Gasteiger partial charge in [-0.2, -0.15) is 0 Å². The fraction of sp³-hybridized carbons (Fsp3) is 0.278. The van der Waals surface area contributed by atoms with Crippen LogP contribution in [-0.2, 0) is 21.0 Å². The van der Waals surface area contributed by atoms with E-state index in [0.29, 0.717) is 17.5 Å². The third-order valence-corrected chi connectivity index (χ3v) is 4.86. The molecule has 0 saturated carbocycles. The lowest BCUT2D eigenvalue weighted by molar-refractivity contribution is 0.0599. The van der Waals surface area contributed by atoms with Crippen molar-refractivity contribution in [3.8, 4) is 11.1 Å². The minimum Gasteiger partial charge on any atom is -0.465 e. The molecule has 0 aliphatic carbocycles. The van der Waals surface area contributed by atoms with Gasteiger partial charge in [0, 0.05) is 11.8 Å². The van der Waals surface area contributed by atoms with Crippen LogP contribution in [0.5, 0.6) is 0 Å². The van der Waals surface area contributed by atoms with Gasteiger partial charge in [0.2, 0.25) is 0 Å². The highest BCUT2D eigenvalue weighted by Gasteiger charge is 2.21. The Morgan fingerprint density at radius 3 is 2.39 bits per heavy atom. The van der Waals surface area contributed by atoms with Crippen molar-refractivity contribution in [2.45, 2.75) is 25.2 Å². The van der Waals surface area contributed by atoms with Gasteiger partial charge in [-0.15, -0.1) is 0 Å². The van der Waals surface area contributed by atoms with Gasteiger partial charge in [0.1, 0.15) is 0 Å². The van der Waals surface area contributed by atoms with Crippen LogP contribution >= 0.6 is 0 Å². The second kappa shape index (κ2) is 6.54. The molecule has 0 bridgehead atoms. The molecule has 0 saturated heterocycles. The van der Waals surface area contributed by atoms with Crippen molar-refractivity contribution in [1.29, 1.82) is 0 Å². The smallest absolute Gasteiger partial charge is 0.338 e. The second-order valence-corrected chi connectivity index (χ2v) is 7.48. The van der Waals surface area contributed by atoms with E-state index in [1.54, 1.807) is 6.07 Å². The first-order chi connectivity index (χ1) is 10.8.